The third-order valence-electron chi connectivity index (χ3n) is 4.61. The number of imidazole rings is 1. The lowest BCUT2D eigenvalue weighted by atomic mass is 10.2. The summed E-state index contributed by atoms with van der Waals surface area (Å²) in [7, 11) is 0. The van der Waals surface area contributed by atoms with Crippen molar-refractivity contribution in [2.75, 3.05) is 6.61 Å². The van der Waals surface area contributed by atoms with Gasteiger partial charge in [0.05, 0.1) is 22.7 Å². The Kier molecular flexibility index (Phi) is 5.56. The number of para-hydroxylation sites is 2. The van der Waals surface area contributed by atoms with Crippen LogP contribution in [0.5, 0.6) is 5.75 Å². The lowest BCUT2D eigenvalue weighted by Crippen LogP contribution is -2.06. The molecule has 0 unspecified atom stereocenters. The second-order valence-electron chi connectivity index (χ2n) is 6.72. The molecular formula is C23H20Cl2N2O. The van der Waals surface area contributed by atoms with E-state index in [1.165, 1.54) is 5.56 Å². The van der Waals surface area contributed by atoms with Crippen LogP contribution < -0.4 is 4.74 Å². The smallest absolute Gasteiger partial charge is 0.142 e. The number of rotatable bonds is 6. The molecule has 0 N–H and O–H groups in total. The number of halogens is 2. The molecule has 0 bridgehead atoms. The number of hydrogen-bond acceptors (Lipinski definition) is 2. The van der Waals surface area contributed by atoms with E-state index in [4.69, 9.17) is 32.9 Å². The number of benzene rings is 3. The minimum absolute atomic E-state index is 0.597. The van der Waals surface area contributed by atoms with Crippen LogP contribution in [0.3, 0.4) is 0 Å². The van der Waals surface area contributed by atoms with Gasteiger partial charge < -0.3 is 9.30 Å². The largest absolute Gasteiger partial charge is 0.494 e. The van der Waals surface area contributed by atoms with Crippen LogP contribution in [0.4, 0.5) is 0 Å². The van der Waals surface area contributed by atoms with Crippen molar-refractivity contribution in [3.8, 4) is 17.1 Å². The highest BCUT2D eigenvalue weighted by molar-refractivity contribution is 6.36. The summed E-state index contributed by atoms with van der Waals surface area (Å²) in [6, 6.07) is 21.7. The summed E-state index contributed by atoms with van der Waals surface area (Å²) < 4.78 is 8.10. The van der Waals surface area contributed by atoms with Gasteiger partial charge in [-0.15, -0.1) is 0 Å². The van der Waals surface area contributed by atoms with E-state index < -0.39 is 0 Å². The summed E-state index contributed by atoms with van der Waals surface area (Å²) in [5.74, 6) is 1.75. The first-order chi connectivity index (χ1) is 13.6. The molecule has 1 heterocycles. The number of aromatic nitrogens is 2. The summed E-state index contributed by atoms with van der Waals surface area (Å²) in [6.45, 7) is 3.47. The fourth-order valence-corrected chi connectivity index (χ4v) is 3.79. The van der Waals surface area contributed by atoms with Gasteiger partial charge in [-0.2, -0.15) is 0 Å². The highest BCUT2D eigenvalue weighted by Gasteiger charge is 2.15. The van der Waals surface area contributed by atoms with Crippen molar-refractivity contribution in [1.82, 2.24) is 9.55 Å². The second-order valence-corrected chi connectivity index (χ2v) is 7.56. The molecule has 0 aliphatic rings. The van der Waals surface area contributed by atoms with Gasteiger partial charge in [0.1, 0.15) is 11.6 Å². The highest BCUT2D eigenvalue weighted by Crippen LogP contribution is 2.32. The van der Waals surface area contributed by atoms with Crippen molar-refractivity contribution >= 4 is 34.2 Å². The maximum atomic E-state index is 6.46. The first-order valence-corrected chi connectivity index (χ1v) is 9.97. The summed E-state index contributed by atoms with van der Waals surface area (Å²) in [5, 5.41) is 1.21. The molecule has 5 heteroatoms. The van der Waals surface area contributed by atoms with Gasteiger partial charge in [-0.05, 0) is 61.4 Å². The van der Waals surface area contributed by atoms with Crippen molar-refractivity contribution < 1.29 is 4.74 Å². The van der Waals surface area contributed by atoms with Crippen molar-refractivity contribution in [1.29, 1.82) is 0 Å². The van der Waals surface area contributed by atoms with E-state index in [0.29, 0.717) is 16.7 Å². The molecule has 3 aromatic carbocycles. The second kappa shape index (κ2) is 8.26. The predicted molar refractivity (Wildman–Crippen MR) is 116 cm³/mol. The zero-order valence-electron chi connectivity index (χ0n) is 15.5. The molecule has 0 spiro atoms. The Bertz CT molecular complexity index is 1120. The summed E-state index contributed by atoms with van der Waals surface area (Å²) >= 11 is 12.5. The van der Waals surface area contributed by atoms with Gasteiger partial charge in [0.25, 0.3) is 0 Å². The van der Waals surface area contributed by atoms with E-state index >= 15 is 0 Å². The molecular weight excluding hydrogens is 391 g/mol. The van der Waals surface area contributed by atoms with Crippen LogP contribution in [0.15, 0.2) is 66.7 Å². The standard InChI is InChI=1S/C23H20Cl2N2O/c1-16-6-4-7-18(14-16)28-13-5-12-27-22-9-3-2-8-21(22)26-23(27)19-11-10-17(24)15-20(19)25/h2-4,6-11,14-15H,5,12-13H2,1H3. The average molecular weight is 411 g/mol. The molecule has 4 rings (SSSR count). The van der Waals surface area contributed by atoms with Crippen LogP contribution >= 0.6 is 23.2 Å². The van der Waals surface area contributed by atoms with Gasteiger partial charge in [0.2, 0.25) is 0 Å². The van der Waals surface area contributed by atoms with E-state index in [1.807, 2.05) is 48.5 Å². The quantitative estimate of drug-likeness (QED) is 0.327. The Hall–Kier alpha value is -2.49. The van der Waals surface area contributed by atoms with Gasteiger partial charge in [-0.3, -0.25) is 0 Å². The normalized spacial score (nSPS) is 11.1. The van der Waals surface area contributed by atoms with Crippen LogP contribution in [0.1, 0.15) is 12.0 Å². The Balaban J connectivity index is 1.58. The molecule has 3 nitrogen and oxygen atoms in total. The lowest BCUT2D eigenvalue weighted by Gasteiger charge is -2.12. The molecule has 0 amide bonds. The molecule has 0 saturated carbocycles. The lowest BCUT2D eigenvalue weighted by molar-refractivity contribution is 0.302. The summed E-state index contributed by atoms with van der Waals surface area (Å²) in [4.78, 5) is 4.82. The van der Waals surface area contributed by atoms with Gasteiger partial charge in [0, 0.05) is 17.1 Å². The van der Waals surface area contributed by atoms with Gasteiger partial charge in [-0.25, -0.2) is 4.98 Å². The van der Waals surface area contributed by atoms with E-state index in [0.717, 1.165) is 41.1 Å². The number of hydrogen-bond donors (Lipinski definition) is 0. The van der Waals surface area contributed by atoms with Crippen molar-refractivity contribution in [3.63, 3.8) is 0 Å². The molecule has 0 aliphatic heterocycles. The highest BCUT2D eigenvalue weighted by atomic mass is 35.5. The third kappa shape index (κ3) is 4.01. The molecule has 0 saturated heterocycles. The summed E-state index contributed by atoms with van der Waals surface area (Å²) in [5.41, 5.74) is 4.10. The predicted octanol–water partition coefficient (Wildman–Crippen LogP) is 6.79. The van der Waals surface area contributed by atoms with Gasteiger partial charge in [0.15, 0.2) is 0 Å². The van der Waals surface area contributed by atoms with Crippen LogP contribution in [-0.2, 0) is 6.54 Å². The molecule has 28 heavy (non-hydrogen) atoms. The monoisotopic (exact) mass is 410 g/mol. The molecule has 142 valence electrons. The maximum absolute atomic E-state index is 6.46. The topological polar surface area (TPSA) is 27.1 Å². The van der Waals surface area contributed by atoms with Crippen LogP contribution in [0, 0.1) is 6.92 Å². The number of ether oxygens (including phenoxy) is 1. The molecule has 0 fully saturated rings. The Morgan fingerprint density at radius 2 is 1.82 bits per heavy atom. The zero-order chi connectivity index (χ0) is 19.5. The number of nitrogens with zero attached hydrogens (tertiary/aromatic N) is 2. The first kappa shape index (κ1) is 18.9. The number of aryl methyl sites for hydroxylation is 2. The molecule has 0 atom stereocenters. The van der Waals surface area contributed by atoms with E-state index in [-0.39, 0.29) is 0 Å². The van der Waals surface area contributed by atoms with Crippen LogP contribution in [-0.4, -0.2) is 16.2 Å². The molecule has 4 aromatic rings. The molecule has 0 radical (unpaired) electrons. The maximum Gasteiger partial charge on any atom is 0.142 e. The fourth-order valence-electron chi connectivity index (χ4n) is 3.30. The summed E-state index contributed by atoms with van der Waals surface area (Å²) in [6.07, 6.45) is 0.854. The van der Waals surface area contributed by atoms with Gasteiger partial charge >= 0.3 is 0 Å². The minimum Gasteiger partial charge on any atom is -0.494 e. The van der Waals surface area contributed by atoms with E-state index in [9.17, 15) is 0 Å². The van der Waals surface area contributed by atoms with Crippen molar-refractivity contribution in [3.05, 3.63) is 82.3 Å². The fraction of sp³-hybridized carbons (Fsp3) is 0.174. The number of fused-ring (bicyclic) bond motifs is 1. The Morgan fingerprint density at radius 3 is 2.64 bits per heavy atom. The Morgan fingerprint density at radius 1 is 0.964 bits per heavy atom. The Labute approximate surface area is 174 Å². The molecule has 0 aliphatic carbocycles. The van der Waals surface area contributed by atoms with Crippen LogP contribution in [0.2, 0.25) is 10.0 Å². The van der Waals surface area contributed by atoms with Crippen molar-refractivity contribution in [2.45, 2.75) is 19.9 Å². The SMILES string of the molecule is Cc1cccc(OCCCn2c(-c3ccc(Cl)cc3Cl)nc3ccccc32)c1. The van der Waals surface area contributed by atoms with Crippen LogP contribution in [0.25, 0.3) is 22.4 Å². The average Bonchev–Trinajstić information content (AvgIpc) is 3.04. The zero-order valence-corrected chi connectivity index (χ0v) is 17.0. The van der Waals surface area contributed by atoms with Crippen molar-refractivity contribution in [2.24, 2.45) is 0 Å². The third-order valence-corrected chi connectivity index (χ3v) is 5.16. The van der Waals surface area contributed by atoms with E-state index in [1.54, 1.807) is 6.07 Å². The van der Waals surface area contributed by atoms with E-state index in [2.05, 4.69) is 23.6 Å². The molecule has 1 aromatic heterocycles. The van der Waals surface area contributed by atoms with Gasteiger partial charge in [-0.1, -0.05) is 47.5 Å². The minimum atomic E-state index is 0.597. The first-order valence-electron chi connectivity index (χ1n) is 9.22.